The first-order chi connectivity index (χ1) is 20.5. The normalized spacial score (nSPS) is 13.3. The van der Waals surface area contributed by atoms with Gasteiger partial charge in [-0.2, -0.15) is 0 Å². The highest BCUT2D eigenvalue weighted by Crippen LogP contribution is 2.34. The fourth-order valence-corrected chi connectivity index (χ4v) is 5.87. The number of amides is 2. The Labute approximate surface area is 252 Å². The van der Waals surface area contributed by atoms with Crippen molar-refractivity contribution >= 4 is 27.5 Å². The van der Waals surface area contributed by atoms with Gasteiger partial charge >= 0.3 is 0 Å². The number of benzene rings is 3. The number of nitrogens with zero attached hydrogens (tertiary/aromatic N) is 2. The number of nitrogens with one attached hydrogen (secondary N) is 1. The highest BCUT2D eigenvalue weighted by Gasteiger charge is 2.31. The van der Waals surface area contributed by atoms with E-state index in [-0.39, 0.29) is 50.2 Å². The van der Waals surface area contributed by atoms with Gasteiger partial charge in [-0.1, -0.05) is 42.5 Å². The molecule has 1 N–H and O–H groups in total. The average molecular weight is 612 g/mol. The van der Waals surface area contributed by atoms with Gasteiger partial charge in [0.25, 0.3) is 0 Å². The number of halogens is 1. The van der Waals surface area contributed by atoms with Crippen LogP contribution in [-0.2, 0) is 32.6 Å². The summed E-state index contributed by atoms with van der Waals surface area (Å²) in [5.41, 5.74) is 1.95. The van der Waals surface area contributed by atoms with Crippen LogP contribution in [0.25, 0.3) is 0 Å². The lowest BCUT2D eigenvalue weighted by atomic mass is 10.0. The maximum Gasteiger partial charge on any atom is 0.243 e. The molecule has 1 aliphatic rings. The lowest BCUT2D eigenvalue weighted by Crippen LogP contribution is -2.51. The SMILES string of the molecule is CC(C)NC(=O)[C@@H](Cc1ccccc1)N(Cc1ccc(F)cc1)C(=O)CCCN(c1ccc2c(c1)OCCO2)S(C)(=O)=O. The van der Waals surface area contributed by atoms with Gasteiger partial charge in [-0.05, 0) is 55.7 Å². The number of hydrogen-bond donors (Lipinski definition) is 1. The zero-order chi connectivity index (χ0) is 31.0. The molecule has 0 aliphatic carbocycles. The van der Waals surface area contributed by atoms with Crippen molar-refractivity contribution < 1.29 is 31.9 Å². The lowest BCUT2D eigenvalue weighted by Gasteiger charge is -2.32. The lowest BCUT2D eigenvalue weighted by molar-refractivity contribution is -0.141. The molecule has 4 rings (SSSR count). The van der Waals surface area contributed by atoms with Crippen molar-refractivity contribution in [2.24, 2.45) is 0 Å². The van der Waals surface area contributed by atoms with Crippen molar-refractivity contribution in [2.45, 2.75) is 51.7 Å². The monoisotopic (exact) mass is 611 g/mol. The van der Waals surface area contributed by atoms with Crippen molar-refractivity contribution in [1.29, 1.82) is 0 Å². The second-order valence-electron chi connectivity index (χ2n) is 10.8. The summed E-state index contributed by atoms with van der Waals surface area (Å²) in [4.78, 5) is 28.9. The molecule has 43 heavy (non-hydrogen) atoms. The minimum Gasteiger partial charge on any atom is -0.486 e. The average Bonchev–Trinajstić information content (AvgIpc) is 2.97. The number of fused-ring (bicyclic) bond motifs is 1. The van der Waals surface area contributed by atoms with Crippen LogP contribution in [0.1, 0.15) is 37.8 Å². The molecule has 0 bridgehead atoms. The van der Waals surface area contributed by atoms with Crippen LogP contribution < -0.4 is 19.1 Å². The summed E-state index contributed by atoms with van der Waals surface area (Å²) < 4.78 is 51.6. The van der Waals surface area contributed by atoms with E-state index in [1.54, 1.807) is 30.3 Å². The molecule has 0 saturated heterocycles. The van der Waals surface area contributed by atoms with Crippen LogP contribution in [0.15, 0.2) is 72.8 Å². The molecule has 0 unspecified atom stereocenters. The summed E-state index contributed by atoms with van der Waals surface area (Å²) >= 11 is 0. The quantitative estimate of drug-likeness (QED) is 0.309. The molecule has 0 spiro atoms. The Balaban J connectivity index is 1.57. The van der Waals surface area contributed by atoms with E-state index >= 15 is 0 Å². The zero-order valence-electron chi connectivity index (χ0n) is 24.7. The van der Waals surface area contributed by atoms with Gasteiger partial charge < -0.3 is 19.7 Å². The molecule has 9 nitrogen and oxygen atoms in total. The Morgan fingerprint density at radius 1 is 0.930 bits per heavy atom. The third kappa shape index (κ3) is 8.93. The van der Waals surface area contributed by atoms with Gasteiger partial charge in [0.1, 0.15) is 25.1 Å². The molecule has 230 valence electrons. The molecule has 3 aromatic rings. The molecule has 1 aliphatic heterocycles. The molecular formula is C32H38FN3O6S. The van der Waals surface area contributed by atoms with Crippen LogP contribution in [0.5, 0.6) is 11.5 Å². The smallest absolute Gasteiger partial charge is 0.243 e. The van der Waals surface area contributed by atoms with Gasteiger partial charge in [-0.25, -0.2) is 12.8 Å². The van der Waals surface area contributed by atoms with Gasteiger partial charge in [-0.3, -0.25) is 13.9 Å². The van der Waals surface area contributed by atoms with E-state index in [0.29, 0.717) is 36.0 Å². The summed E-state index contributed by atoms with van der Waals surface area (Å²) in [5.74, 6) is -0.0266. The topological polar surface area (TPSA) is 105 Å². The zero-order valence-corrected chi connectivity index (χ0v) is 25.5. The van der Waals surface area contributed by atoms with Crippen LogP contribution in [0, 0.1) is 5.82 Å². The molecule has 1 atom stereocenters. The van der Waals surface area contributed by atoms with Gasteiger partial charge in [0.05, 0.1) is 11.9 Å². The van der Waals surface area contributed by atoms with Crippen LogP contribution in [-0.4, -0.2) is 63.2 Å². The first kappa shape index (κ1) is 31.8. The fourth-order valence-electron chi connectivity index (χ4n) is 4.91. The molecule has 0 radical (unpaired) electrons. The van der Waals surface area contributed by atoms with Crippen molar-refractivity contribution in [3.05, 3.63) is 89.7 Å². The number of carbonyl (C=O) groups excluding carboxylic acids is 2. The van der Waals surface area contributed by atoms with Crippen molar-refractivity contribution in [2.75, 3.05) is 30.3 Å². The minimum absolute atomic E-state index is 0.0159. The molecule has 11 heteroatoms. The van der Waals surface area contributed by atoms with E-state index in [1.165, 1.54) is 21.3 Å². The van der Waals surface area contributed by atoms with E-state index < -0.39 is 21.9 Å². The van der Waals surface area contributed by atoms with Crippen LogP contribution >= 0.6 is 0 Å². The Kier molecular flexibility index (Phi) is 10.6. The molecule has 0 fully saturated rings. The fraction of sp³-hybridized carbons (Fsp3) is 0.375. The highest BCUT2D eigenvalue weighted by atomic mass is 32.2. The summed E-state index contributed by atoms with van der Waals surface area (Å²) in [7, 11) is -3.69. The number of hydrogen-bond acceptors (Lipinski definition) is 6. The Morgan fingerprint density at radius 2 is 1.60 bits per heavy atom. The van der Waals surface area contributed by atoms with E-state index in [9.17, 15) is 22.4 Å². The molecule has 3 aromatic carbocycles. The maximum atomic E-state index is 13.9. The highest BCUT2D eigenvalue weighted by molar-refractivity contribution is 7.92. The third-order valence-corrected chi connectivity index (χ3v) is 8.13. The summed E-state index contributed by atoms with van der Waals surface area (Å²) in [6.07, 6.45) is 1.57. The summed E-state index contributed by atoms with van der Waals surface area (Å²) in [6.45, 7) is 4.60. The van der Waals surface area contributed by atoms with Gasteiger partial charge in [0, 0.05) is 38.0 Å². The first-order valence-corrected chi connectivity index (χ1v) is 16.1. The summed E-state index contributed by atoms with van der Waals surface area (Å²) in [6, 6.07) is 19.1. The van der Waals surface area contributed by atoms with Gasteiger partial charge in [0.15, 0.2) is 11.5 Å². The molecular weight excluding hydrogens is 573 g/mol. The minimum atomic E-state index is -3.69. The molecule has 1 heterocycles. The van der Waals surface area contributed by atoms with Crippen molar-refractivity contribution in [1.82, 2.24) is 10.2 Å². The predicted molar refractivity (Wildman–Crippen MR) is 163 cm³/mol. The Hall–Kier alpha value is -4.12. The van der Waals surface area contributed by atoms with Crippen LogP contribution in [0.4, 0.5) is 10.1 Å². The standard InChI is InChI=1S/C32H38FN3O6S/c1-23(2)34-32(38)28(20-24-8-5-4-6-9-24)35(22-25-11-13-26(33)14-12-25)31(37)10-7-17-36(43(3,39)40)27-15-16-29-30(21-27)42-19-18-41-29/h4-6,8-9,11-16,21,23,28H,7,10,17-20,22H2,1-3H3,(H,34,38)/t28-/m1/s1. The van der Waals surface area contributed by atoms with Crippen LogP contribution in [0.2, 0.25) is 0 Å². The first-order valence-electron chi connectivity index (χ1n) is 14.3. The van der Waals surface area contributed by atoms with Crippen LogP contribution in [0.3, 0.4) is 0 Å². The van der Waals surface area contributed by atoms with E-state index in [1.807, 2.05) is 44.2 Å². The van der Waals surface area contributed by atoms with Gasteiger partial charge in [0.2, 0.25) is 21.8 Å². The Bertz CT molecular complexity index is 1500. The van der Waals surface area contributed by atoms with E-state index in [4.69, 9.17) is 9.47 Å². The maximum absolute atomic E-state index is 13.9. The second kappa shape index (κ2) is 14.4. The van der Waals surface area contributed by atoms with Gasteiger partial charge in [-0.15, -0.1) is 0 Å². The molecule has 2 amide bonds. The third-order valence-electron chi connectivity index (χ3n) is 6.93. The predicted octanol–water partition coefficient (Wildman–Crippen LogP) is 4.31. The summed E-state index contributed by atoms with van der Waals surface area (Å²) in [5, 5.41) is 2.93. The molecule has 0 saturated carbocycles. The van der Waals surface area contributed by atoms with E-state index in [2.05, 4.69) is 5.32 Å². The number of sulfonamides is 1. The second-order valence-corrected chi connectivity index (χ2v) is 12.7. The van der Waals surface area contributed by atoms with Crippen molar-refractivity contribution in [3.8, 4) is 11.5 Å². The Morgan fingerprint density at radius 3 is 2.26 bits per heavy atom. The number of anilines is 1. The number of rotatable bonds is 13. The number of ether oxygens (including phenoxy) is 2. The van der Waals surface area contributed by atoms with E-state index in [0.717, 1.165) is 11.8 Å². The number of carbonyl (C=O) groups is 2. The molecule has 0 aromatic heterocycles. The largest absolute Gasteiger partial charge is 0.486 e. The van der Waals surface area contributed by atoms with Crippen molar-refractivity contribution in [3.63, 3.8) is 0 Å².